The van der Waals surface area contributed by atoms with E-state index < -0.39 is 11.2 Å². The normalized spacial score (nSPS) is 21.7. The van der Waals surface area contributed by atoms with Crippen LogP contribution in [0.1, 0.15) is 16.4 Å². The molecule has 6 rings (SSSR count). The number of H-pyrrole nitrogens is 1. The summed E-state index contributed by atoms with van der Waals surface area (Å²) in [4.78, 5) is 44.1. The van der Waals surface area contributed by atoms with Gasteiger partial charge in [-0.15, -0.1) is 0 Å². The van der Waals surface area contributed by atoms with Gasteiger partial charge in [-0.1, -0.05) is 95.9 Å². The van der Waals surface area contributed by atoms with E-state index in [1.807, 2.05) is 60.7 Å². The zero-order valence-corrected chi connectivity index (χ0v) is 18.9. The number of nitrogens with zero attached hydrogens (tertiary/aromatic N) is 1. The molecule has 1 saturated heterocycles. The summed E-state index contributed by atoms with van der Waals surface area (Å²) in [6.07, 6.45) is 0. The Morgan fingerprint density at radius 2 is 1.36 bits per heavy atom. The fraction of sp³-hybridized carbons (Fsp3) is 0.115. The van der Waals surface area contributed by atoms with Crippen LogP contribution in [-0.2, 0) is 9.59 Å². The molecule has 5 nitrogen and oxygen atoms in total. The number of hydrogen-bond acceptors (Lipinski definition) is 5. The van der Waals surface area contributed by atoms with E-state index >= 15 is 0 Å². The molecule has 1 N–H and O–H groups in total. The molecule has 0 saturated carbocycles. The third kappa shape index (κ3) is 3.27. The van der Waals surface area contributed by atoms with Gasteiger partial charge in [-0.2, -0.15) is 0 Å². The Balaban J connectivity index is 1.45. The molecule has 1 fully saturated rings. The lowest BCUT2D eigenvalue weighted by Gasteiger charge is -2.29. The predicted molar refractivity (Wildman–Crippen MR) is 131 cm³/mol. The topological polar surface area (TPSA) is 70.2 Å². The molecule has 7 heteroatoms. The number of thioether (sulfide) groups is 1. The number of para-hydroxylation sites is 1. The second kappa shape index (κ2) is 7.86. The summed E-state index contributed by atoms with van der Waals surface area (Å²) < 4.78 is 0. The van der Waals surface area contributed by atoms with Gasteiger partial charge < -0.3 is 4.98 Å². The number of benzene rings is 3. The van der Waals surface area contributed by atoms with E-state index in [1.54, 1.807) is 12.1 Å². The minimum Gasteiger partial charge on any atom is -0.307 e. The van der Waals surface area contributed by atoms with Crippen LogP contribution in [0.15, 0.2) is 94.7 Å². The number of carbonyl (C=O) groups is 2. The van der Waals surface area contributed by atoms with Crippen molar-refractivity contribution in [3.05, 3.63) is 105 Å². The fourth-order valence-electron chi connectivity index (χ4n) is 4.72. The van der Waals surface area contributed by atoms with Crippen LogP contribution in [0.25, 0.3) is 11.1 Å². The largest absolute Gasteiger partial charge is 0.307 e. The van der Waals surface area contributed by atoms with Gasteiger partial charge >= 0.3 is 4.87 Å². The number of aromatic nitrogens is 1. The molecule has 162 valence electrons. The first-order valence-electron chi connectivity index (χ1n) is 10.6. The number of rotatable bonds is 3. The number of aromatic amines is 1. The molecule has 3 atom stereocenters. The standard InChI is InChI=1S/C26H18N2O3S2/c29-24-20-19(17-13-11-16(12-14-17)15-7-3-1-4-8-15)21-23(27-26(31)33-21)32-22(20)25(30)28(24)18-9-5-2-6-10-18/h1-14,19-20,22H,(H,27,31)/t19-,20?,22?/m1/s1. The number of thiazole rings is 1. The zero-order valence-electron chi connectivity index (χ0n) is 17.3. The lowest BCUT2D eigenvalue weighted by atomic mass is 9.82. The summed E-state index contributed by atoms with van der Waals surface area (Å²) in [5.41, 5.74) is 3.69. The molecule has 33 heavy (non-hydrogen) atoms. The van der Waals surface area contributed by atoms with Crippen LogP contribution in [0.5, 0.6) is 0 Å². The Hall–Kier alpha value is -3.42. The lowest BCUT2D eigenvalue weighted by Crippen LogP contribution is -2.32. The number of imide groups is 1. The average molecular weight is 471 g/mol. The molecular formula is C26H18N2O3S2. The molecular weight excluding hydrogens is 452 g/mol. The predicted octanol–water partition coefficient (Wildman–Crippen LogP) is 4.90. The Morgan fingerprint density at radius 3 is 2.06 bits per heavy atom. The molecule has 0 aliphatic carbocycles. The van der Waals surface area contributed by atoms with Crippen LogP contribution in [0.4, 0.5) is 5.69 Å². The fourth-order valence-corrected chi connectivity index (χ4v) is 7.24. The highest BCUT2D eigenvalue weighted by atomic mass is 32.2. The van der Waals surface area contributed by atoms with Crippen LogP contribution in [0.2, 0.25) is 0 Å². The SMILES string of the molecule is O=C1C2Sc3[nH]c(=O)sc3[C@H](c3ccc(-c4ccccc4)cc3)C2C(=O)N1c1ccccc1. The van der Waals surface area contributed by atoms with Gasteiger partial charge in [-0.3, -0.25) is 14.4 Å². The van der Waals surface area contributed by atoms with E-state index in [-0.39, 0.29) is 22.6 Å². The van der Waals surface area contributed by atoms with Crippen molar-refractivity contribution in [2.24, 2.45) is 5.92 Å². The summed E-state index contributed by atoms with van der Waals surface area (Å²) in [6, 6.07) is 27.2. The van der Waals surface area contributed by atoms with Crippen molar-refractivity contribution in [2.75, 3.05) is 4.90 Å². The Labute approximate surface area is 198 Å². The summed E-state index contributed by atoms with van der Waals surface area (Å²) in [5, 5.41) is 0.119. The maximum Gasteiger partial charge on any atom is 0.305 e. The quantitative estimate of drug-likeness (QED) is 0.433. The number of amides is 2. The maximum absolute atomic E-state index is 13.6. The molecule has 2 aliphatic rings. The third-order valence-electron chi connectivity index (χ3n) is 6.22. The molecule has 2 unspecified atom stereocenters. The van der Waals surface area contributed by atoms with E-state index in [9.17, 15) is 14.4 Å². The smallest absolute Gasteiger partial charge is 0.305 e. The van der Waals surface area contributed by atoms with Crippen molar-refractivity contribution in [3.8, 4) is 11.1 Å². The molecule has 0 bridgehead atoms. The van der Waals surface area contributed by atoms with Crippen molar-refractivity contribution in [1.82, 2.24) is 4.98 Å². The first-order valence-corrected chi connectivity index (χ1v) is 12.3. The molecule has 2 amide bonds. The van der Waals surface area contributed by atoms with E-state index in [4.69, 9.17) is 0 Å². The molecule has 3 aromatic carbocycles. The van der Waals surface area contributed by atoms with Gasteiger partial charge in [0.1, 0.15) is 5.25 Å². The van der Waals surface area contributed by atoms with Gasteiger partial charge in [-0.05, 0) is 28.8 Å². The highest BCUT2D eigenvalue weighted by Gasteiger charge is 2.56. The van der Waals surface area contributed by atoms with Crippen molar-refractivity contribution < 1.29 is 9.59 Å². The van der Waals surface area contributed by atoms with Crippen molar-refractivity contribution in [3.63, 3.8) is 0 Å². The first-order chi connectivity index (χ1) is 16.1. The van der Waals surface area contributed by atoms with Crippen LogP contribution in [-0.4, -0.2) is 22.0 Å². The summed E-state index contributed by atoms with van der Waals surface area (Å²) in [7, 11) is 0. The van der Waals surface area contributed by atoms with Crippen molar-refractivity contribution in [1.29, 1.82) is 0 Å². The van der Waals surface area contributed by atoms with Crippen LogP contribution in [0, 0.1) is 5.92 Å². The number of fused-ring (bicyclic) bond motifs is 2. The third-order valence-corrected chi connectivity index (χ3v) is 8.62. The average Bonchev–Trinajstić information content (AvgIpc) is 3.34. The highest BCUT2D eigenvalue weighted by Crippen LogP contribution is 2.53. The first kappa shape index (κ1) is 20.2. The Kier molecular flexibility index (Phi) is 4.81. The summed E-state index contributed by atoms with van der Waals surface area (Å²) >= 11 is 2.43. The molecule has 4 aromatic rings. The number of hydrogen-bond donors (Lipinski definition) is 1. The van der Waals surface area contributed by atoms with E-state index in [0.29, 0.717) is 10.7 Å². The summed E-state index contributed by atoms with van der Waals surface area (Å²) in [5.74, 6) is -1.37. The van der Waals surface area contributed by atoms with Gasteiger partial charge in [-0.25, -0.2) is 4.90 Å². The van der Waals surface area contributed by atoms with Crippen LogP contribution >= 0.6 is 23.1 Å². The Morgan fingerprint density at radius 1 is 0.727 bits per heavy atom. The molecule has 1 aromatic heterocycles. The Bertz CT molecular complexity index is 1410. The minimum absolute atomic E-state index is 0.168. The number of carbonyl (C=O) groups excluding carboxylic acids is 2. The zero-order chi connectivity index (χ0) is 22.5. The highest BCUT2D eigenvalue weighted by molar-refractivity contribution is 8.00. The second-order valence-electron chi connectivity index (χ2n) is 8.09. The second-order valence-corrected chi connectivity index (χ2v) is 10.3. The number of anilines is 1. The van der Waals surface area contributed by atoms with Crippen molar-refractivity contribution >= 4 is 40.6 Å². The molecule has 0 radical (unpaired) electrons. The summed E-state index contributed by atoms with van der Waals surface area (Å²) in [6.45, 7) is 0. The van der Waals surface area contributed by atoms with E-state index in [2.05, 4.69) is 17.1 Å². The van der Waals surface area contributed by atoms with E-state index in [0.717, 1.165) is 32.9 Å². The van der Waals surface area contributed by atoms with E-state index in [1.165, 1.54) is 16.7 Å². The lowest BCUT2D eigenvalue weighted by molar-refractivity contribution is -0.122. The van der Waals surface area contributed by atoms with Gasteiger partial charge in [0.25, 0.3) is 0 Å². The van der Waals surface area contributed by atoms with Crippen LogP contribution < -0.4 is 9.77 Å². The van der Waals surface area contributed by atoms with Crippen LogP contribution in [0.3, 0.4) is 0 Å². The monoisotopic (exact) mass is 470 g/mol. The maximum atomic E-state index is 13.6. The van der Waals surface area contributed by atoms with Gasteiger partial charge in [0.05, 0.1) is 16.6 Å². The van der Waals surface area contributed by atoms with Crippen molar-refractivity contribution in [2.45, 2.75) is 16.2 Å². The molecule has 2 aliphatic heterocycles. The van der Waals surface area contributed by atoms with Gasteiger partial charge in [0, 0.05) is 10.8 Å². The van der Waals surface area contributed by atoms with Gasteiger partial charge in [0.2, 0.25) is 11.8 Å². The minimum atomic E-state index is -0.575. The number of nitrogens with one attached hydrogen (secondary N) is 1. The molecule has 0 spiro atoms. The van der Waals surface area contributed by atoms with Gasteiger partial charge in [0.15, 0.2) is 0 Å². The molecule has 3 heterocycles.